The number of ether oxygens (including phenoxy) is 1. The lowest BCUT2D eigenvalue weighted by Crippen LogP contribution is -2.23. The number of pyridine rings is 1. The number of anilines is 1. The van der Waals surface area contributed by atoms with E-state index in [0.29, 0.717) is 35.9 Å². The molecule has 1 amide bonds. The van der Waals surface area contributed by atoms with Crippen LogP contribution in [0, 0.1) is 0 Å². The Balaban J connectivity index is 1.59. The van der Waals surface area contributed by atoms with Crippen LogP contribution in [-0.4, -0.2) is 31.4 Å². The highest BCUT2D eigenvalue weighted by molar-refractivity contribution is 5.99. The first-order chi connectivity index (χ1) is 15.1. The molecule has 5 rings (SSSR count). The second kappa shape index (κ2) is 7.81. The van der Waals surface area contributed by atoms with E-state index < -0.39 is 5.91 Å². The van der Waals surface area contributed by atoms with Crippen molar-refractivity contribution < 1.29 is 9.53 Å². The summed E-state index contributed by atoms with van der Waals surface area (Å²) in [5, 5.41) is 3.47. The van der Waals surface area contributed by atoms with Gasteiger partial charge in [0.05, 0.1) is 35.7 Å². The van der Waals surface area contributed by atoms with Gasteiger partial charge in [0, 0.05) is 24.7 Å². The lowest BCUT2D eigenvalue weighted by molar-refractivity contribution is 0.0385. The van der Waals surface area contributed by atoms with Crippen molar-refractivity contribution in [2.45, 2.75) is 32.6 Å². The van der Waals surface area contributed by atoms with Crippen molar-refractivity contribution in [3.8, 4) is 11.6 Å². The molecule has 8 heteroatoms. The molecule has 0 spiro atoms. The zero-order valence-corrected chi connectivity index (χ0v) is 17.1. The minimum atomic E-state index is -0.504. The number of carbonyl (C=O) groups excluding carboxylic acids is 1. The summed E-state index contributed by atoms with van der Waals surface area (Å²) in [6.45, 7) is 3.11. The maximum absolute atomic E-state index is 11.8. The summed E-state index contributed by atoms with van der Waals surface area (Å²) < 4.78 is 7.61. The van der Waals surface area contributed by atoms with E-state index in [-0.39, 0.29) is 6.10 Å². The minimum Gasteiger partial charge on any atom is -0.372 e. The molecule has 0 aliphatic carbocycles. The number of nitrogens with zero attached hydrogens (tertiary/aromatic N) is 4. The standard InChI is InChI=1S/C23H22N6O2/c1-14-10-17-18(13-31-14)27-22(28-21(17)25-11-15-6-3-2-4-7-15)23-26-12-19-16(20(24)30)8-5-9-29(19)23/h2-9,12,14H,10-11,13H2,1H3,(H2,24,30)(H,25,27,28). The van der Waals surface area contributed by atoms with E-state index in [1.807, 2.05) is 31.3 Å². The third-order valence-electron chi connectivity index (χ3n) is 5.43. The summed E-state index contributed by atoms with van der Waals surface area (Å²) in [4.78, 5) is 25.9. The fraction of sp³-hybridized carbons (Fsp3) is 0.217. The topological polar surface area (TPSA) is 107 Å². The quantitative estimate of drug-likeness (QED) is 0.520. The highest BCUT2D eigenvalue weighted by Crippen LogP contribution is 2.29. The Labute approximate surface area is 179 Å². The lowest BCUT2D eigenvalue weighted by atomic mass is 10.0. The SMILES string of the molecule is CC1Cc2c(nc(-c3ncc4c(C(N)=O)cccn34)nc2NCc2ccccc2)CO1. The number of nitrogens with one attached hydrogen (secondary N) is 1. The molecule has 4 aromatic rings. The van der Waals surface area contributed by atoms with Gasteiger partial charge in [0.1, 0.15) is 5.82 Å². The smallest absolute Gasteiger partial charge is 0.250 e. The van der Waals surface area contributed by atoms with Crippen LogP contribution in [0.25, 0.3) is 17.2 Å². The number of nitrogens with two attached hydrogens (primary N) is 1. The number of hydrogen-bond acceptors (Lipinski definition) is 6. The van der Waals surface area contributed by atoms with Crippen LogP contribution < -0.4 is 11.1 Å². The summed E-state index contributed by atoms with van der Waals surface area (Å²) in [6, 6.07) is 13.6. The van der Waals surface area contributed by atoms with Crippen LogP contribution in [0.15, 0.2) is 54.9 Å². The predicted molar refractivity (Wildman–Crippen MR) is 116 cm³/mol. The van der Waals surface area contributed by atoms with Gasteiger partial charge in [-0.2, -0.15) is 0 Å². The largest absolute Gasteiger partial charge is 0.372 e. The van der Waals surface area contributed by atoms with Crippen LogP contribution >= 0.6 is 0 Å². The molecular weight excluding hydrogens is 392 g/mol. The zero-order valence-electron chi connectivity index (χ0n) is 17.1. The van der Waals surface area contributed by atoms with E-state index in [0.717, 1.165) is 29.1 Å². The molecule has 8 nitrogen and oxygen atoms in total. The highest BCUT2D eigenvalue weighted by Gasteiger charge is 2.24. The van der Waals surface area contributed by atoms with Crippen LogP contribution in [0.4, 0.5) is 5.82 Å². The van der Waals surface area contributed by atoms with Crippen LogP contribution in [0.2, 0.25) is 0 Å². The van der Waals surface area contributed by atoms with Crippen molar-refractivity contribution in [3.63, 3.8) is 0 Å². The molecule has 1 atom stereocenters. The first-order valence-electron chi connectivity index (χ1n) is 10.2. The monoisotopic (exact) mass is 414 g/mol. The van der Waals surface area contributed by atoms with Crippen LogP contribution in [0.1, 0.15) is 34.1 Å². The second-order valence-electron chi connectivity index (χ2n) is 7.61. The van der Waals surface area contributed by atoms with Gasteiger partial charge < -0.3 is 15.8 Å². The van der Waals surface area contributed by atoms with Crippen molar-refractivity contribution >= 4 is 17.2 Å². The van der Waals surface area contributed by atoms with E-state index in [4.69, 9.17) is 20.4 Å². The van der Waals surface area contributed by atoms with Crippen molar-refractivity contribution in [3.05, 3.63) is 77.2 Å². The molecule has 0 saturated carbocycles. The van der Waals surface area contributed by atoms with E-state index in [9.17, 15) is 4.79 Å². The van der Waals surface area contributed by atoms with Crippen LogP contribution in [0.3, 0.4) is 0 Å². The van der Waals surface area contributed by atoms with Gasteiger partial charge in [-0.15, -0.1) is 0 Å². The number of rotatable bonds is 5. The maximum atomic E-state index is 11.8. The molecule has 1 aromatic carbocycles. The summed E-state index contributed by atoms with van der Waals surface area (Å²) in [5.41, 5.74) is 9.61. The summed E-state index contributed by atoms with van der Waals surface area (Å²) >= 11 is 0. The molecule has 1 aliphatic heterocycles. The molecule has 156 valence electrons. The first kappa shape index (κ1) is 19.2. The van der Waals surface area contributed by atoms with Gasteiger partial charge in [-0.1, -0.05) is 30.3 Å². The number of imidazole rings is 1. The summed E-state index contributed by atoms with van der Waals surface area (Å²) in [6.07, 6.45) is 4.28. The van der Waals surface area contributed by atoms with Crippen LogP contribution in [-0.2, 0) is 24.3 Å². The van der Waals surface area contributed by atoms with E-state index in [1.54, 1.807) is 22.7 Å². The third-order valence-corrected chi connectivity index (χ3v) is 5.43. The molecular formula is C23H22N6O2. The number of hydrogen-bond donors (Lipinski definition) is 2. The molecule has 1 unspecified atom stereocenters. The molecule has 31 heavy (non-hydrogen) atoms. The third kappa shape index (κ3) is 3.62. The molecule has 0 saturated heterocycles. The Morgan fingerprint density at radius 2 is 2.06 bits per heavy atom. The van der Waals surface area contributed by atoms with Gasteiger partial charge in [0.2, 0.25) is 0 Å². The molecule has 4 heterocycles. The van der Waals surface area contributed by atoms with Crippen molar-refractivity contribution in [2.24, 2.45) is 5.73 Å². The Morgan fingerprint density at radius 1 is 1.23 bits per heavy atom. The number of fused-ring (bicyclic) bond motifs is 2. The Bertz CT molecular complexity index is 1270. The zero-order chi connectivity index (χ0) is 21.4. The number of primary amides is 1. The normalized spacial score (nSPS) is 15.6. The number of amides is 1. The summed E-state index contributed by atoms with van der Waals surface area (Å²) in [5.74, 6) is 1.29. The molecule has 3 aromatic heterocycles. The lowest BCUT2D eigenvalue weighted by Gasteiger charge is -2.24. The van der Waals surface area contributed by atoms with Crippen molar-refractivity contribution in [2.75, 3.05) is 5.32 Å². The number of carbonyl (C=O) groups is 1. The van der Waals surface area contributed by atoms with Crippen molar-refractivity contribution in [1.29, 1.82) is 0 Å². The Kier molecular flexibility index (Phi) is 4.83. The van der Waals surface area contributed by atoms with E-state index in [1.165, 1.54) is 0 Å². The average molecular weight is 414 g/mol. The first-order valence-corrected chi connectivity index (χ1v) is 10.2. The minimum absolute atomic E-state index is 0.101. The van der Waals surface area contributed by atoms with Gasteiger partial charge >= 0.3 is 0 Å². The van der Waals surface area contributed by atoms with Gasteiger partial charge in [0.15, 0.2) is 11.6 Å². The highest BCUT2D eigenvalue weighted by atomic mass is 16.5. The fourth-order valence-electron chi connectivity index (χ4n) is 3.86. The second-order valence-corrected chi connectivity index (χ2v) is 7.61. The van der Waals surface area contributed by atoms with E-state index in [2.05, 4.69) is 22.4 Å². The van der Waals surface area contributed by atoms with Crippen LogP contribution in [0.5, 0.6) is 0 Å². The Morgan fingerprint density at radius 3 is 2.87 bits per heavy atom. The number of benzene rings is 1. The van der Waals surface area contributed by atoms with Crippen molar-refractivity contribution in [1.82, 2.24) is 19.4 Å². The van der Waals surface area contributed by atoms with Gasteiger partial charge in [0.25, 0.3) is 5.91 Å². The molecule has 1 aliphatic rings. The molecule has 0 bridgehead atoms. The molecule has 0 fully saturated rings. The predicted octanol–water partition coefficient (Wildman–Crippen LogP) is 2.96. The van der Waals surface area contributed by atoms with Gasteiger partial charge in [-0.25, -0.2) is 15.0 Å². The maximum Gasteiger partial charge on any atom is 0.250 e. The number of aromatic nitrogens is 4. The average Bonchev–Trinajstić information content (AvgIpc) is 3.22. The fourth-order valence-corrected chi connectivity index (χ4v) is 3.86. The molecule has 3 N–H and O–H groups in total. The summed E-state index contributed by atoms with van der Waals surface area (Å²) in [7, 11) is 0. The van der Waals surface area contributed by atoms with E-state index >= 15 is 0 Å². The molecule has 0 radical (unpaired) electrons. The van der Waals surface area contributed by atoms with Gasteiger partial charge in [-0.05, 0) is 24.6 Å². The van der Waals surface area contributed by atoms with Gasteiger partial charge in [-0.3, -0.25) is 9.20 Å². The Hall–Kier alpha value is -3.78.